The number of aromatic nitrogens is 1. The number of hydrogen-bond donors (Lipinski definition) is 0. The Hall–Kier alpha value is -1.81. The lowest BCUT2D eigenvalue weighted by Gasteiger charge is -2.32. The third kappa shape index (κ3) is 5.38. The highest BCUT2D eigenvalue weighted by Gasteiger charge is 2.52. The van der Waals surface area contributed by atoms with Crippen LogP contribution in [0.1, 0.15) is 48.5 Å². The fourth-order valence-electron chi connectivity index (χ4n) is 2.44. The summed E-state index contributed by atoms with van der Waals surface area (Å²) in [5, 5.41) is 0. The number of halogens is 3. The average molecular weight is 402 g/mol. The maximum atomic E-state index is 13.1. The summed E-state index contributed by atoms with van der Waals surface area (Å²) in [6.45, 7) is 10.7. The highest BCUT2D eigenvalue weighted by molar-refractivity contribution is 6.62. The summed E-state index contributed by atoms with van der Waals surface area (Å²) in [6, 6.07) is 2.92. The largest absolute Gasteiger partial charge is 0.495 e. The van der Waals surface area contributed by atoms with Crippen molar-refractivity contribution in [1.29, 1.82) is 0 Å². The lowest BCUT2D eigenvalue weighted by atomic mass is 9.79. The van der Waals surface area contributed by atoms with Crippen molar-refractivity contribution < 1.29 is 32.0 Å². The Balaban J connectivity index is 2.35. The van der Waals surface area contributed by atoms with Gasteiger partial charge < -0.3 is 14.0 Å². The van der Waals surface area contributed by atoms with Crippen LogP contribution in [-0.2, 0) is 14.0 Å². The number of pyridine rings is 1. The van der Waals surface area contributed by atoms with Gasteiger partial charge in [0.05, 0.1) is 11.2 Å². The molecule has 0 saturated carbocycles. The van der Waals surface area contributed by atoms with Gasteiger partial charge in [0, 0.05) is 6.20 Å². The van der Waals surface area contributed by atoms with Crippen molar-refractivity contribution in [3.63, 3.8) is 0 Å². The van der Waals surface area contributed by atoms with E-state index in [0.29, 0.717) is 10.4 Å². The van der Waals surface area contributed by atoms with Crippen molar-refractivity contribution in [2.45, 2.75) is 71.4 Å². The second-order valence-corrected chi connectivity index (χ2v) is 8.72. The Labute approximate surface area is 163 Å². The zero-order valence-corrected chi connectivity index (χ0v) is 17.2. The highest BCUT2D eigenvalue weighted by Crippen LogP contribution is 2.36. The van der Waals surface area contributed by atoms with Crippen LogP contribution in [0.15, 0.2) is 18.3 Å². The van der Waals surface area contributed by atoms with Gasteiger partial charge in [-0.1, -0.05) is 0 Å². The van der Waals surface area contributed by atoms with Crippen LogP contribution in [0, 0.1) is 0 Å². The van der Waals surface area contributed by atoms with Crippen LogP contribution in [-0.4, -0.2) is 47.7 Å². The van der Waals surface area contributed by atoms with Crippen LogP contribution in [0.25, 0.3) is 0 Å². The molecule has 0 N–H and O–H groups in total. The van der Waals surface area contributed by atoms with Crippen molar-refractivity contribution in [2.24, 2.45) is 0 Å². The second kappa shape index (κ2) is 7.22. The van der Waals surface area contributed by atoms with Gasteiger partial charge >= 0.3 is 19.4 Å². The molecule has 156 valence electrons. The summed E-state index contributed by atoms with van der Waals surface area (Å²) < 4.78 is 56.1. The fourth-order valence-corrected chi connectivity index (χ4v) is 2.44. The first-order chi connectivity index (χ1) is 12.5. The first-order valence-electron chi connectivity index (χ1n) is 8.90. The second-order valence-electron chi connectivity index (χ2n) is 8.72. The average Bonchev–Trinajstić information content (AvgIpc) is 2.70. The van der Waals surface area contributed by atoms with Crippen LogP contribution in [0.3, 0.4) is 0 Å². The summed E-state index contributed by atoms with van der Waals surface area (Å²) >= 11 is 0. The molecular weight excluding hydrogens is 376 g/mol. The molecule has 0 bridgehead atoms. The van der Waals surface area contributed by atoms with Crippen LogP contribution in [0.2, 0.25) is 0 Å². The molecule has 10 heteroatoms. The Morgan fingerprint density at radius 3 is 2.18 bits per heavy atom. The van der Waals surface area contributed by atoms with Crippen LogP contribution < -0.4 is 10.4 Å². The number of amides is 1. The van der Waals surface area contributed by atoms with E-state index in [1.165, 1.54) is 12.3 Å². The summed E-state index contributed by atoms with van der Waals surface area (Å²) in [7, 11) is -0.793. The number of anilines is 1. The molecule has 0 atom stereocenters. The molecule has 28 heavy (non-hydrogen) atoms. The van der Waals surface area contributed by atoms with E-state index >= 15 is 0 Å². The van der Waals surface area contributed by atoms with E-state index in [9.17, 15) is 18.0 Å². The van der Waals surface area contributed by atoms with Gasteiger partial charge in [0.25, 0.3) is 0 Å². The van der Waals surface area contributed by atoms with Gasteiger partial charge in [0.2, 0.25) is 0 Å². The maximum absolute atomic E-state index is 13.1. The third-order valence-corrected chi connectivity index (χ3v) is 4.52. The Morgan fingerprint density at radius 1 is 1.18 bits per heavy atom. The molecule has 1 aromatic rings. The molecule has 0 unspecified atom stereocenters. The molecule has 0 radical (unpaired) electrons. The van der Waals surface area contributed by atoms with E-state index in [2.05, 4.69) is 4.98 Å². The predicted octanol–water partition coefficient (Wildman–Crippen LogP) is 3.68. The van der Waals surface area contributed by atoms with Crippen LogP contribution in [0.4, 0.5) is 23.8 Å². The van der Waals surface area contributed by atoms with Gasteiger partial charge in [-0.25, -0.2) is 9.78 Å². The number of carbonyl (C=O) groups is 1. The van der Waals surface area contributed by atoms with E-state index in [0.717, 1.165) is 0 Å². The molecule has 1 aliphatic rings. The maximum Gasteiger partial charge on any atom is 0.495 e. The zero-order chi connectivity index (χ0) is 21.5. The molecule has 2 rings (SSSR count). The molecule has 1 aromatic heterocycles. The van der Waals surface area contributed by atoms with Gasteiger partial charge in [-0.3, -0.25) is 4.90 Å². The monoisotopic (exact) mass is 402 g/mol. The minimum absolute atomic E-state index is 0.196. The highest BCUT2D eigenvalue weighted by atomic mass is 19.4. The molecule has 0 aromatic carbocycles. The summed E-state index contributed by atoms with van der Waals surface area (Å²) in [4.78, 5) is 16.8. The van der Waals surface area contributed by atoms with Crippen molar-refractivity contribution in [1.82, 2.24) is 4.98 Å². The lowest BCUT2D eigenvalue weighted by Crippen LogP contribution is -2.43. The normalized spacial score (nSPS) is 18.9. The quantitative estimate of drug-likeness (QED) is 0.722. The number of nitrogens with zero attached hydrogens (tertiary/aromatic N) is 2. The molecule has 0 spiro atoms. The zero-order valence-electron chi connectivity index (χ0n) is 17.2. The topological polar surface area (TPSA) is 60.9 Å². The van der Waals surface area contributed by atoms with Gasteiger partial charge in [0.1, 0.15) is 18.0 Å². The SMILES string of the molecule is CC(C)(C)OC(=O)N(CC(F)(F)F)c1cc(B2OC(C)(C)C(C)(C)O2)ccn1. The van der Waals surface area contributed by atoms with E-state index in [1.807, 2.05) is 27.7 Å². The van der Waals surface area contributed by atoms with E-state index in [4.69, 9.17) is 14.0 Å². The van der Waals surface area contributed by atoms with Crippen molar-refractivity contribution in [3.05, 3.63) is 18.3 Å². The molecule has 1 fully saturated rings. The number of hydrogen-bond acceptors (Lipinski definition) is 5. The first-order valence-corrected chi connectivity index (χ1v) is 8.90. The number of carbonyl (C=O) groups excluding carboxylic acids is 1. The Kier molecular flexibility index (Phi) is 5.80. The number of rotatable bonds is 3. The molecule has 1 aliphatic heterocycles. The summed E-state index contributed by atoms with van der Waals surface area (Å²) in [6.07, 6.45) is -4.45. The number of alkyl halides is 3. The van der Waals surface area contributed by atoms with Crippen molar-refractivity contribution in [2.75, 3.05) is 11.4 Å². The van der Waals surface area contributed by atoms with E-state index in [1.54, 1.807) is 26.8 Å². The van der Waals surface area contributed by atoms with E-state index < -0.39 is 42.7 Å². The van der Waals surface area contributed by atoms with Crippen LogP contribution >= 0.6 is 0 Å². The van der Waals surface area contributed by atoms with E-state index in [-0.39, 0.29) is 5.82 Å². The first kappa shape index (κ1) is 22.5. The molecule has 6 nitrogen and oxygen atoms in total. The van der Waals surface area contributed by atoms with Gasteiger partial charge in [-0.15, -0.1) is 0 Å². The molecule has 1 saturated heterocycles. The Bertz CT molecular complexity index is 716. The Morgan fingerprint density at radius 2 is 1.71 bits per heavy atom. The molecular formula is C18H26BF3N2O4. The summed E-state index contributed by atoms with van der Waals surface area (Å²) in [5.41, 5.74) is -1.72. The van der Waals surface area contributed by atoms with Crippen LogP contribution in [0.5, 0.6) is 0 Å². The van der Waals surface area contributed by atoms with Gasteiger partial charge in [0.15, 0.2) is 0 Å². The molecule has 1 amide bonds. The van der Waals surface area contributed by atoms with Gasteiger partial charge in [-0.2, -0.15) is 13.2 Å². The van der Waals surface area contributed by atoms with Gasteiger partial charge in [-0.05, 0) is 66.1 Å². The smallest absolute Gasteiger partial charge is 0.443 e. The fraction of sp³-hybridized carbons (Fsp3) is 0.667. The summed E-state index contributed by atoms with van der Waals surface area (Å²) in [5.74, 6) is -0.196. The molecule has 2 heterocycles. The van der Waals surface area contributed by atoms with Crippen molar-refractivity contribution >= 4 is 24.5 Å². The van der Waals surface area contributed by atoms with Crippen molar-refractivity contribution in [3.8, 4) is 0 Å². The lowest BCUT2D eigenvalue weighted by molar-refractivity contribution is -0.119. The predicted molar refractivity (Wildman–Crippen MR) is 99.6 cm³/mol. The third-order valence-electron chi connectivity index (χ3n) is 4.52. The minimum Gasteiger partial charge on any atom is -0.443 e. The minimum atomic E-state index is -4.63. The number of ether oxygens (including phenoxy) is 1. The molecule has 0 aliphatic carbocycles. The standard InChI is InChI=1S/C18H26BF3N2O4/c1-15(2,3)26-14(25)24(11-18(20,21)22)13-10-12(8-9-23-13)19-27-16(4,5)17(6,7)28-19/h8-10H,11H2,1-7H3.